The lowest BCUT2D eigenvalue weighted by Crippen LogP contribution is -1.88. The zero-order chi connectivity index (χ0) is 12.1. The number of nitriles is 2. The van der Waals surface area contributed by atoms with Crippen LogP contribution in [0.15, 0.2) is 0 Å². The van der Waals surface area contributed by atoms with Gasteiger partial charge < -0.3 is 21.6 Å². The van der Waals surface area contributed by atoms with E-state index in [1.54, 1.807) is 5.32 Å². The highest BCUT2D eigenvalue weighted by atomic mass is 14.8. The fourth-order valence-corrected chi connectivity index (χ4v) is 0.0250. The van der Waals surface area contributed by atoms with Gasteiger partial charge in [0.1, 0.15) is 0 Å². The summed E-state index contributed by atoms with van der Waals surface area (Å²) in [5, 5.41) is 38.7. The highest BCUT2D eigenvalue weighted by molar-refractivity contribution is 5.16. The normalized spacial score (nSPS) is 2.62. The lowest BCUT2D eigenvalue weighted by molar-refractivity contribution is 1.20. The Kier molecular flexibility index (Phi) is 7730. The molecule has 0 aliphatic carbocycles. The molecule has 0 amide bonds. The molecule has 0 radical (unpaired) electrons. The van der Waals surface area contributed by atoms with Crippen LogP contribution in [0, 0.1) is 44.5 Å². The molecule has 7 nitrogen and oxygen atoms in total. The summed E-state index contributed by atoms with van der Waals surface area (Å²) in [6.07, 6.45) is 2.81. The van der Waals surface area contributed by atoms with Crippen molar-refractivity contribution in [3.63, 3.8) is 0 Å². The molecular weight excluding hydrogens is 170 g/mol. The average molecular weight is 183 g/mol. The van der Waals surface area contributed by atoms with Gasteiger partial charge in [-0.25, -0.2) is 5.32 Å². The topological polar surface area (TPSA) is 155 Å². The third-order valence-electron chi connectivity index (χ3n) is 0.112. The maximum absolute atomic E-state index is 7.48. The fourth-order valence-electron chi connectivity index (χ4n) is 0.0250. The quantitative estimate of drug-likeness (QED) is 0.212. The average Bonchev–Trinajstić information content (AvgIpc) is 2.30. The first-order valence-electron chi connectivity index (χ1n) is 2.36. The predicted octanol–water partition coefficient (Wildman–Crippen LogP) is 0.601. The summed E-state index contributed by atoms with van der Waals surface area (Å²) in [5.41, 5.74) is 0. The lowest BCUT2D eigenvalue weighted by atomic mass is 11.2. The Bertz CT molecular complexity index is 113. The van der Waals surface area contributed by atoms with E-state index < -0.39 is 0 Å². The van der Waals surface area contributed by atoms with Crippen LogP contribution in [-0.4, -0.2) is 26.9 Å². The first kappa shape index (κ1) is 31.4. The van der Waals surface area contributed by atoms with E-state index in [-0.39, 0.29) is 0 Å². The largest absolute Gasteiger partial charge is 0.317 e. The van der Waals surface area contributed by atoms with E-state index in [0.29, 0.717) is 0 Å². The summed E-state index contributed by atoms with van der Waals surface area (Å²) in [6, 6.07) is 0. The van der Waals surface area contributed by atoms with Gasteiger partial charge in [-0.05, 0) is 26.9 Å². The van der Waals surface area contributed by atoms with Gasteiger partial charge in [-0.15, -0.1) is 0 Å². The van der Waals surface area contributed by atoms with Gasteiger partial charge in [0.05, 0.1) is 0 Å². The summed E-state index contributed by atoms with van der Waals surface area (Å²) >= 11 is 0. The van der Waals surface area contributed by atoms with Gasteiger partial charge in [-0.2, -0.15) is 10.5 Å². The van der Waals surface area contributed by atoms with Gasteiger partial charge in [0.2, 0.25) is 0 Å². The Morgan fingerprint density at radius 2 is 0.846 bits per heavy atom. The molecule has 0 aromatic heterocycles. The molecule has 7 heteroatoms. The van der Waals surface area contributed by atoms with Gasteiger partial charge in [-0.3, -0.25) is 0 Å². The van der Waals surface area contributed by atoms with Crippen LogP contribution in [0.2, 0.25) is 0 Å². The number of hydrogen-bond donors (Lipinski definition) is 5. The first-order valence-corrected chi connectivity index (χ1v) is 2.36. The summed E-state index contributed by atoms with van der Waals surface area (Å²) < 4.78 is 0. The van der Waals surface area contributed by atoms with Crippen molar-refractivity contribution < 1.29 is 0 Å². The second-order valence-corrected chi connectivity index (χ2v) is 0.349. The van der Waals surface area contributed by atoms with E-state index in [1.807, 2.05) is 0 Å². The van der Waals surface area contributed by atoms with Crippen molar-refractivity contribution in [2.75, 3.05) is 0 Å². The molecule has 13 heavy (non-hydrogen) atoms. The molecule has 0 spiro atoms. The lowest BCUT2D eigenvalue weighted by Gasteiger charge is -1.56. The van der Waals surface area contributed by atoms with Crippen molar-refractivity contribution in [2.24, 2.45) is 0 Å². The molecule has 72 valence electrons. The third kappa shape index (κ3) is 1810. The smallest absolute Gasteiger partial charge is 0.190 e. The summed E-state index contributed by atoms with van der Waals surface area (Å²) in [7, 11) is 0. The molecule has 0 unspecified atom stereocenters. The number of nitrogens with zero attached hydrogens (tertiary/aromatic N) is 2. The summed E-state index contributed by atoms with van der Waals surface area (Å²) in [6.45, 7) is 10.0. The molecule has 0 aliphatic rings. The molecule has 0 heterocycles. The van der Waals surface area contributed by atoms with Crippen molar-refractivity contribution in [3.8, 4) is 12.4 Å². The predicted molar refractivity (Wildman–Crippen MR) is 53.7 cm³/mol. The maximum Gasteiger partial charge on any atom is 0.190 e. The van der Waals surface area contributed by atoms with Gasteiger partial charge >= 0.3 is 0 Å². The molecule has 0 bridgehead atoms. The van der Waals surface area contributed by atoms with Crippen molar-refractivity contribution in [1.82, 2.24) is 5.32 Å². The van der Waals surface area contributed by atoms with Gasteiger partial charge in [-0.1, -0.05) is 0 Å². The van der Waals surface area contributed by atoms with Crippen LogP contribution < -0.4 is 5.32 Å². The van der Waals surface area contributed by atoms with E-state index in [2.05, 4.69) is 26.9 Å². The SMILES string of the molecule is C=N.C=N.C=N.C=N.N#CNC#N. The van der Waals surface area contributed by atoms with Crippen LogP contribution >= 0.6 is 0 Å². The van der Waals surface area contributed by atoms with Crippen LogP contribution in [0.3, 0.4) is 0 Å². The molecule has 0 saturated carbocycles. The minimum Gasteiger partial charge on any atom is -0.317 e. The first-order chi connectivity index (χ1) is 6.41. The standard InChI is InChI=1S/C2HN3.4CH3N/c3-1-5-2-4;4*1-2/h5H;4*2H,1H2. The Hall–Kier alpha value is -2.54. The zero-order valence-electron chi connectivity index (χ0n) is 7.22. The molecule has 0 saturated heterocycles. The van der Waals surface area contributed by atoms with Crippen LogP contribution in [0.25, 0.3) is 0 Å². The Morgan fingerprint density at radius 3 is 0.846 bits per heavy atom. The van der Waals surface area contributed by atoms with E-state index in [4.69, 9.17) is 32.2 Å². The highest BCUT2D eigenvalue weighted by Gasteiger charge is 1.53. The van der Waals surface area contributed by atoms with Crippen molar-refractivity contribution >= 4 is 26.9 Å². The Balaban J connectivity index is -0.0000000230. The summed E-state index contributed by atoms with van der Waals surface area (Å²) in [5.74, 6) is 0. The van der Waals surface area contributed by atoms with Gasteiger partial charge in [0.15, 0.2) is 12.4 Å². The van der Waals surface area contributed by atoms with Gasteiger partial charge in [0.25, 0.3) is 0 Å². The zero-order valence-corrected chi connectivity index (χ0v) is 7.22. The van der Waals surface area contributed by atoms with Gasteiger partial charge in [0, 0.05) is 0 Å². The third-order valence-corrected chi connectivity index (χ3v) is 0.112. The van der Waals surface area contributed by atoms with Crippen LogP contribution in [0.1, 0.15) is 0 Å². The van der Waals surface area contributed by atoms with E-state index in [9.17, 15) is 0 Å². The molecule has 0 aromatic carbocycles. The number of nitrogens with one attached hydrogen (secondary N) is 5. The second-order valence-electron chi connectivity index (χ2n) is 0.349. The molecule has 5 N–H and O–H groups in total. The second kappa shape index (κ2) is 3200. The van der Waals surface area contributed by atoms with Crippen LogP contribution in [0.5, 0.6) is 0 Å². The van der Waals surface area contributed by atoms with Crippen molar-refractivity contribution in [2.45, 2.75) is 0 Å². The fraction of sp³-hybridized carbons (Fsp3) is 0. The minimum absolute atomic E-state index is 1.41. The molecule has 0 rings (SSSR count). The molecule has 0 aromatic rings. The summed E-state index contributed by atoms with van der Waals surface area (Å²) in [4.78, 5) is 0. The molecular formula is C6H13N7. The number of rotatable bonds is 0. The number of hydrogen-bond acceptors (Lipinski definition) is 7. The molecule has 0 atom stereocenters. The van der Waals surface area contributed by atoms with Crippen LogP contribution in [-0.2, 0) is 0 Å². The minimum atomic E-state index is 1.41. The van der Waals surface area contributed by atoms with Crippen LogP contribution in [0.4, 0.5) is 0 Å². The monoisotopic (exact) mass is 183 g/mol. The Morgan fingerprint density at radius 1 is 0.692 bits per heavy atom. The van der Waals surface area contributed by atoms with E-state index in [1.165, 1.54) is 12.4 Å². The Labute approximate surface area is 77.7 Å². The maximum atomic E-state index is 7.48. The van der Waals surface area contributed by atoms with Crippen molar-refractivity contribution in [1.29, 1.82) is 32.2 Å². The van der Waals surface area contributed by atoms with Crippen molar-refractivity contribution in [3.05, 3.63) is 0 Å². The van der Waals surface area contributed by atoms with E-state index in [0.717, 1.165) is 0 Å². The van der Waals surface area contributed by atoms with E-state index >= 15 is 0 Å². The highest BCUT2D eigenvalue weighted by Crippen LogP contribution is 1.28. The molecule has 0 aliphatic heterocycles. The molecule has 0 fully saturated rings.